The first kappa shape index (κ1) is 19.2. The Kier molecular flexibility index (Phi) is 6.11. The van der Waals surface area contributed by atoms with Crippen molar-refractivity contribution in [1.82, 2.24) is 10.3 Å². The molecule has 0 aliphatic heterocycles. The van der Waals surface area contributed by atoms with E-state index in [2.05, 4.69) is 10.3 Å². The molecule has 1 atom stereocenters. The Labute approximate surface area is 161 Å². The zero-order valence-electron chi connectivity index (χ0n) is 15.1. The van der Waals surface area contributed by atoms with Gasteiger partial charge in [-0.15, -0.1) is 0 Å². The van der Waals surface area contributed by atoms with Gasteiger partial charge >= 0.3 is 0 Å². The van der Waals surface area contributed by atoms with E-state index in [4.69, 9.17) is 4.74 Å². The quantitative estimate of drug-likeness (QED) is 0.610. The molecule has 0 saturated heterocycles. The molecule has 0 saturated carbocycles. The van der Waals surface area contributed by atoms with Crippen LogP contribution in [-0.2, 0) is 4.79 Å². The van der Waals surface area contributed by atoms with Gasteiger partial charge < -0.3 is 10.1 Å². The molecule has 0 spiro atoms. The van der Waals surface area contributed by atoms with Gasteiger partial charge in [0, 0.05) is 17.8 Å². The summed E-state index contributed by atoms with van der Waals surface area (Å²) in [6.07, 6.45) is 5.67. The number of halogens is 2. The lowest BCUT2D eigenvalue weighted by Gasteiger charge is -2.14. The summed E-state index contributed by atoms with van der Waals surface area (Å²) in [6, 6.07) is 13.6. The van der Waals surface area contributed by atoms with E-state index in [0.717, 1.165) is 23.8 Å². The standard InChI is InChI=1S/C22H18F2N2O2/c1-15(26-22(27)10-7-17-12-18(23)8-9-21(17)24)16-4-2-5-19(13-16)28-20-6-3-11-25-14-20/h2-15H,1H3,(H,26,27)/b10-7+. The number of ether oxygens (including phenoxy) is 1. The lowest BCUT2D eigenvalue weighted by Crippen LogP contribution is -2.24. The van der Waals surface area contributed by atoms with Gasteiger partial charge in [0.2, 0.25) is 5.91 Å². The topological polar surface area (TPSA) is 51.2 Å². The van der Waals surface area contributed by atoms with Crippen LogP contribution in [0.1, 0.15) is 24.1 Å². The van der Waals surface area contributed by atoms with Crippen molar-refractivity contribution in [1.29, 1.82) is 0 Å². The summed E-state index contributed by atoms with van der Waals surface area (Å²) in [5.41, 5.74) is 0.842. The monoisotopic (exact) mass is 380 g/mol. The van der Waals surface area contributed by atoms with E-state index >= 15 is 0 Å². The SMILES string of the molecule is CC(NC(=O)/C=C/c1cc(F)ccc1F)c1cccc(Oc2cccnc2)c1. The fraction of sp³-hybridized carbons (Fsp3) is 0.0909. The first-order valence-electron chi connectivity index (χ1n) is 8.63. The number of benzene rings is 2. The van der Waals surface area contributed by atoms with Gasteiger partial charge in [0.1, 0.15) is 23.1 Å². The minimum absolute atomic E-state index is 0.00895. The van der Waals surface area contributed by atoms with Crippen molar-refractivity contribution in [2.24, 2.45) is 0 Å². The maximum Gasteiger partial charge on any atom is 0.244 e. The van der Waals surface area contributed by atoms with Gasteiger partial charge in [-0.3, -0.25) is 9.78 Å². The van der Waals surface area contributed by atoms with Gasteiger partial charge in [-0.1, -0.05) is 12.1 Å². The number of pyridine rings is 1. The largest absolute Gasteiger partial charge is 0.456 e. The Bertz CT molecular complexity index is 991. The Morgan fingerprint density at radius 3 is 2.71 bits per heavy atom. The number of carbonyl (C=O) groups excluding carboxylic acids is 1. The van der Waals surface area contributed by atoms with Crippen molar-refractivity contribution < 1.29 is 18.3 Å². The first-order valence-corrected chi connectivity index (χ1v) is 8.63. The molecule has 28 heavy (non-hydrogen) atoms. The number of nitrogens with zero attached hydrogens (tertiary/aromatic N) is 1. The summed E-state index contributed by atoms with van der Waals surface area (Å²) in [5, 5.41) is 2.78. The van der Waals surface area contributed by atoms with Crippen molar-refractivity contribution in [3.63, 3.8) is 0 Å². The second-order valence-corrected chi connectivity index (χ2v) is 6.09. The Morgan fingerprint density at radius 2 is 1.93 bits per heavy atom. The second kappa shape index (κ2) is 8.90. The summed E-state index contributed by atoms with van der Waals surface area (Å²) in [6.45, 7) is 1.82. The number of rotatable bonds is 6. The smallest absolute Gasteiger partial charge is 0.244 e. The summed E-state index contributed by atoms with van der Waals surface area (Å²) in [7, 11) is 0. The highest BCUT2D eigenvalue weighted by Gasteiger charge is 2.09. The molecule has 1 aromatic heterocycles. The Balaban J connectivity index is 1.64. The van der Waals surface area contributed by atoms with Crippen LogP contribution < -0.4 is 10.1 Å². The molecule has 0 bridgehead atoms. The molecule has 4 nitrogen and oxygen atoms in total. The molecule has 0 aliphatic carbocycles. The van der Waals surface area contributed by atoms with E-state index in [9.17, 15) is 13.6 Å². The molecule has 1 unspecified atom stereocenters. The van der Waals surface area contributed by atoms with E-state index in [-0.39, 0.29) is 11.6 Å². The predicted molar refractivity (Wildman–Crippen MR) is 103 cm³/mol. The van der Waals surface area contributed by atoms with E-state index < -0.39 is 17.5 Å². The third-order valence-electron chi connectivity index (χ3n) is 3.96. The molecule has 0 fully saturated rings. The van der Waals surface area contributed by atoms with Gasteiger partial charge in [0.05, 0.1) is 12.2 Å². The second-order valence-electron chi connectivity index (χ2n) is 6.09. The van der Waals surface area contributed by atoms with Gasteiger partial charge in [0.15, 0.2) is 0 Å². The van der Waals surface area contributed by atoms with Gasteiger partial charge in [0.25, 0.3) is 0 Å². The van der Waals surface area contributed by atoms with Crippen LogP contribution in [0.3, 0.4) is 0 Å². The molecule has 1 heterocycles. The molecule has 3 rings (SSSR count). The lowest BCUT2D eigenvalue weighted by molar-refractivity contribution is -0.117. The lowest BCUT2D eigenvalue weighted by atomic mass is 10.1. The molecule has 142 valence electrons. The first-order chi connectivity index (χ1) is 13.5. The molecule has 0 radical (unpaired) electrons. The molecule has 1 N–H and O–H groups in total. The van der Waals surface area contributed by atoms with E-state index in [0.29, 0.717) is 11.5 Å². The molecule has 6 heteroatoms. The van der Waals surface area contributed by atoms with Crippen LogP contribution in [0.25, 0.3) is 6.08 Å². The molecule has 2 aromatic carbocycles. The van der Waals surface area contributed by atoms with Crippen molar-refractivity contribution in [3.05, 3.63) is 95.8 Å². The highest BCUT2D eigenvalue weighted by molar-refractivity contribution is 5.92. The van der Waals surface area contributed by atoms with Crippen LogP contribution in [0, 0.1) is 11.6 Å². The minimum atomic E-state index is -0.598. The van der Waals surface area contributed by atoms with Crippen molar-refractivity contribution >= 4 is 12.0 Å². The van der Waals surface area contributed by atoms with E-state index in [1.54, 1.807) is 30.6 Å². The Morgan fingerprint density at radius 1 is 1.11 bits per heavy atom. The number of hydrogen-bond donors (Lipinski definition) is 1. The molecular formula is C22H18F2N2O2. The average Bonchev–Trinajstić information content (AvgIpc) is 2.69. The van der Waals surface area contributed by atoms with Crippen LogP contribution in [0.15, 0.2) is 73.1 Å². The molecule has 3 aromatic rings. The summed E-state index contributed by atoms with van der Waals surface area (Å²) < 4.78 is 32.5. The third kappa shape index (κ3) is 5.23. The maximum absolute atomic E-state index is 13.6. The molecule has 1 amide bonds. The summed E-state index contributed by atoms with van der Waals surface area (Å²) >= 11 is 0. The number of aromatic nitrogens is 1. The zero-order chi connectivity index (χ0) is 19.9. The van der Waals surface area contributed by atoms with Crippen LogP contribution in [0.4, 0.5) is 8.78 Å². The van der Waals surface area contributed by atoms with Crippen LogP contribution >= 0.6 is 0 Å². The fourth-order valence-electron chi connectivity index (χ4n) is 2.54. The highest BCUT2D eigenvalue weighted by Crippen LogP contribution is 2.24. The predicted octanol–water partition coefficient (Wildman–Crippen LogP) is 5.04. The number of hydrogen-bond acceptors (Lipinski definition) is 3. The fourth-order valence-corrected chi connectivity index (χ4v) is 2.54. The van der Waals surface area contributed by atoms with Crippen molar-refractivity contribution in [2.45, 2.75) is 13.0 Å². The van der Waals surface area contributed by atoms with Gasteiger partial charge in [-0.2, -0.15) is 0 Å². The van der Waals surface area contributed by atoms with E-state index in [1.165, 1.54) is 12.2 Å². The van der Waals surface area contributed by atoms with Crippen LogP contribution in [-0.4, -0.2) is 10.9 Å². The molecular weight excluding hydrogens is 362 g/mol. The van der Waals surface area contributed by atoms with Gasteiger partial charge in [-0.25, -0.2) is 8.78 Å². The highest BCUT2D eigenvalue weighted by atomic mass is 19.1. The van der Waals surface area contributed by atoms with Crippen molar-refractivity contribution in [2.75, 3.05) is 0 Å². The third-order valence-corrected chi connectivity index (χ3v) is 3.96. The Hall–Kier alpha value is -3.54. The minimum Gasteiger partial charge on any atom is -0.456 e. The maximum atomic E-state index is 13.6. The van der Waals surface area contributed by atoms with Crippen LogP contribution in [0.5, 0.6) is 11.5 Å². The number of amides is 1. The number of nitrogens with one attached hydrogen (secondary N) is 1. The van der Waals surface area contributed by atoms with Crippen molar-refractivity contribution in [3.8, 4) is 11.5 Å². The van der Waals surface area contributed by atoms with E-state index in [1.807, 2.05) is 25.1 Å². The van der Waals surface area contributed by atoms with Gasteiger partial charge in [-0.05, 0) is 61.0 Å². The molecule has 0 aliphatic rings. The average molecular weight is 380 g/mol. The van der Waals surface area contributed by atoms with Crippen LogP contribution in [0.2, 0.25) is 0 Å². The summed E-state index contributed by atoms with van der Waals surface area (Å²) in [5.74, 6) is -0.367. The summed E-state index contributed by atoms with van der Waals surface area (Å²) in [4.78, 5) is 16.1. The zero-order valence-corrected chi connectivity index (χ0v) is 15.1. The number of carbonyl (C=O) groups is 1. The normalized spacial score (nSPS) is 12.0.